The summed E-state index contributed by atoms with van der Waals surface area (Å²) in [6.45, 7) is 0. The van der Waals surface area contributed by atoms with Crippen molar-refractivity contribution in [3.8, 4) is 0 Å². The van der Waals surface area contributed by atoms with Gasteiger partial charge in [-0.3, -0.25) is 0 Å². The van der Waals surface area contributed by atoms with Crippen LogP contribution in [0.4, 0.5) is 0 Å². The van der Waals surface area contributed by atoms with Gasteiger partial charge in [-0.25, -0.2) is 0 Å². The Labute approximate surface area is 100 Å². The second-order valence-corrected chi connectivity index (χ2v) is 0. The molecule has 0 heterocycles. The van der Waals surface area contributed by atoms with Gasteiger partial charge in [-0.15, -0.1) is 0 Å². The van der Waals surface area contributed by atoms with Crippen molar-refractivity contribution in [1.29, 1.82) is 0 Å². The topological polar surface area (TPSA) is 0 Å². The molecule has 4 heavy (non-hydrogen) atoms. The first-order chi connectivity index (χ1) is 0. The molecule has 0 aromatic heterocycles. The molecule has 0 rings (SSSR count). The van der Waals surface area contributed by atoms with Crippen molar-refractivity contribution in [1.82, 2.24) is 0 Å². The van der Waals surface area contributed by atoms with Crippen molar-refractivity contribution < 1.29 is 83.5 Å². The van der Waals surface area contributed by atoms with E-state index < -0.39 is 0 Å². The zero-order valence-electron chi connectivity index (χ0n) is 1.58. The van der Waals surface area contributed by atoms with Crippen molar-refractivity contribution in [3.63, 3.8) is 0 Å². The first-order valence-electron chi connectivity index (χ1n) is 0. The summed E-state index contributed by atoms with van der Waals surface area (Å²) in [6, 6.07) is 0. The van der Waals surface area contributed by atoms with Crippen LogP contribution in [0.2, 0.25) is 0 Å². The molecule has 0 aliphatic heterocycles. The van der Waals surface area contributed by atoms with Gasteiger partial charge < -0.3 is 0 Å². The normalized spacial score (nSPS) is 0. The molecule has 4 heteroatoms. The molecule has 0 bridgehead atoms. The van der Waals surface area contributed by atoms with Gasteiger partial charge in [-0.1, -0.05) is 0 Å². The fourth-order valence-electron chi connectivity index (χ4n) is 0. The van der Waals surface area contributed by atoms with Gasteiger partial charge in [-0.2, -0.15) is 0 Å². The van der Waals surface area contributed by atoms with Crippen LogP contribution in [0, 0.1) is 35.6 Å². The van der Waals surface area contributed by atoms with Crippen LogP contribution < -0.4 is 0 Å². The molecule has 0 atom stereocenters. The molecule has 0 fully saturated rings. The third-order valence-electron chi connectivity index (χ3n) is 0. The maximum absolute atomic E-state index is 0. The van der Waals surface area contributed by atoms with Crippen LogP contribution in [-0.4, -0.2) is 18.9 Å². The minimum Gasteiger partial charge on any atom is 0 e. The zero-order valence-corrected chi connectivity index (χ0v) is 9.22. The monoisotopic (exact) mass is 285 g/mol. The third-order valence-corrected chi connectivity index (χ3v) is 0. The summed E-state index contributed by atoms with van der Waals surface area (Å²) in [4.78, 5) is 0. The second kappa shape index (κ2) is 16.2. The molecule has 0 aromatic rings. The Kier molecular flexibility index (Phi) is 106. The number of hydrogen-bond donors (Lipinski definition) is 0. The van der Waals surface area contributed by atoms with Gasteiger partial charge >= 0.3 is 18.9 Å². The van der Waals surface area contributed by atoms with Crippen LogP contribution in [0.3, 0.4) is 0 Å². The van der Waals surface area contributed by atoms with E-state index in [4.69, 9.17) is 0 Å². The molecule has 13 valence electrons. The Balaban J connectivity index is 0. The van der Waals surface area contributed by atoms with Gasteiger partial charge in [0.05, 0.1) is 0 Å². The maximum Gasteiger partial charge on any atom is 0 e. The molecule has 0 aromatic carbocycles. The Bertz CT molecular complexity index is 8.00. The van der Waals surface area contributed by atoms with Gasteiger partial charge in [0, 0.05) is 83.5 Å². The molecule has 0 saturated carbocycles. The van der Waals surface area contributed by atoms with Crippen LogP contribution in [0.15, 0.2) is 0 Å². The smallest absolute Gasteiger partial charge is 0 e. The first kappa shape index (κ1) is 26.3. The van der Waals surface area contributed by atoms with E-state index in [2.05, 4.69) is 0 Å². The fourth-order valence-corrected chi connectivity index (χ4v) is 0. The summed E-state index contributed by atoms with van der Waals surface area (Å²) in [6.07, 6.45) is 0. The SMILES string of the molecule is [La].[LiH].[Ti].[Zr]. The summed E-state index contributed by atoms with van der Waals surface area (Å²) in [7, 11) is 0. The minimum atomic E-state index is 0. The number of rotatable bonds is 0. The molecular weight excluding hydrogens is 285 g/mol. The van der Waals surface area contributed by atoms with E-state index in [9.17, 15) is 0 Å². The Morgan fingerprint density at radius 2 is 1.00 bits per heavy atom. The van der Waals surface area contributed by atoms with Gasteiger partial charge in [0.25, 0.3) is 0 Å². The van der Waals surface area contributed by atoms with E-state index in [0.29, 0.717) is 0 Å². The first-order valence-corrected chi connectivity index (χ1v) is 0. The second-order valence-electron chi connectivity index (χ2n) is 0. The van der Waals surface area contributed by atoms with Crippen molar-refractivity contribution in [2.75, 3.05) is 0 Å². The summed E-state index contributed by atoms with van der Waals surface area (Å²) >= 11 is 0. The van der Waals surface area contributed by atoms with Crippen LogP contribution in [0.1, 0.15) is 0 Å². The van der Waals surface area contributed by atoms with Crippen molar-refractivity contribution in [3.05, 3.63) is 0 Å². The molecule has 0 N–H and O–H groups in total. The van der Waals surface area contributed by atoms with Crippen LogP contribution >= 0.6 is 0 Å². The molecule has 0 unspecified atom stereocenters. The summed E-state index contributed by atoms with van der Waals surface area (Å²) in [5.41, 5.74) is 0. The molecule has 0 aliphatic rings. The molecule has 0 spiro atoms. The van der Waals surface area contributed by atoms with E-state index in [-0.39, 0.29) is 102 Å². The zero-order chi connectivity index (χ0) is 0. The van der Waals surface area contributed by atoms with E-state index >= 15 is 0 Å². The summed E-state index contributed by atoms with van der Waals surface area (Å²) in [5, 5.41) is 0. The van der Waals surface area contributed by atoms with Crippen molar-refractivity contribution in [2.45, 2.75) is 0 Å². The standard InChI is InChI=1S/La.Li.Ti.Zr.H. The molecule has 1 radical (unpaired) electrons. The largest absolute Gasteiger partial charge is 0 e. The third kappa shape index (κ3) is 9.04. The predicted molar refractivity (Wildman–Crippen MR) is 7.15 cm³/mol. The van der Waals surface area contributed by atoms with E-state index in [1.165, 1.54) is 0 Å². The van der Waals surface area contributed by atoms with E-state index in [1.54, 1.807) is 0 Å². The van der Waals surface area contributed by atoms with Gasteiger partial charge in [0.15, 0.2) is 0 Å². The molecule has 0 nitrogen and oxygen atoms in total. The Hall–Kier alpha value is 3.39. The predicted octanol–water partition coefficient (Wildman–Crippen LogP) is -0.653. The average Bonchev–Trinajstić information content (AvgIpc) is 0. The van der Waals surface area contributed by atoms with Crippen molar-refractivity contribution in [2.24, 2.45) is 0 Å². The number of hydrogen-bond acceptors (Lipinski definition) is 0. The van der Waals surface area contributed by atoms with Crippen LogP contribution in [0.25, 0.3) is 0 Å². The Morgan fingerprint density at radius 1 is 1.00 bits per heavy atom. The molecule has 0 amide bonds. The molecule has 0 aliphatic carbocycles. The van der Waals surface area contributed by atoms with Gasteiger partial charge in [0.1, 0.15) is 0 Å². The van der Waals surface area contributed by atoms with Crippen molar-refractivity contribution >= 4 is 18.9 Å². The van der Waals surface area contributed by atoms with Gasteiger partial charge in [-0.05, 0) is 0 Å². The summed E-state index contributed by atoms with van der Waals surface area (Å²) in [5.74, 6) is 0. The average molecular weight is 286 g/mol. The molecule has 0 saturated heterocycles. The van der Waals surface area contributed by atoms with Gasteiger partial charge in [0.2, 0.25) is 0 Å². The fraction of sp³-hybridized carbons (Fsp3) is 0. The quantitative estimate of drug-likeness (QED) is 0.519. The van der Waals surface area contributed by atoms with E-state index in [0.717, 1.165) is 0 Å². The Morgan fingerprint density at radius 3 is 1.00 bits per heavy atom. The minimum absolute atomic E-state index is 0. The molecular formula is HLaLiTiZr. The summed E-state index contributed by atoms with van der Waals surface area (Å²) < 4.78 is 0. The van der Waals surface area contributed by atoms with E-state index in [1.807, 2.05) is 0 Å². The van der Waals surface area contributed by atoms with Crippen LogP contribution in [-0.2, 0) is 47.9 Å². The van der Waals surface area contributed by atoms with Crippen LogP contribution in [0.5, 0.6) is 0 Å². The maximum atomic E-state index is 0.